The van der Waals surface area contributed by atoms with Gasteiger partial charge in [-0.15, -0.1) is 0 Å². The Hall–Kier alpha value is -1.86. The van der Waals surface area contributed by atoms with E-state index in [1.54, 1.807) is 12.1 Å². The van der Waals surface area contributed by atoms with E-state index in [1.165, 1.54) is 12.8 Å². The number of amides is 1. The number of nitriles is 1. The Labute approximate surface area is 120 Å². The van der Waals surface area contributed by atoms with Crippen LogP contribution in [-0.2, 0) is 11.3 Å². The number of carbonyl (C=O) groups excluding carboxylic acids is 1. The third kappa shape index (κ3) is 4.67. The van der Waals surface area contributed by atoms with Crippen molar-refractivity contribution in [1.29, 1.82) is 5.26 Å². The fourth-order valence-corrected chi connectivity index (χ4v) is 2.49. The van der Waals surface area contributed by atoms with E-state index < -0.39 is 0 Å². The second-order valence-electron chi connectivity index (χ2n) is 5.32. The van der Waals surface area contributed by atoms with E-state index in [2.05, 4.69) is 16.7 Å². The van der Waals surface area contributed by atoms with Crippen LogP contribution in [0.5, 0.6) is 0 Å². The number of hydrogen-bond acceptors (Lipinski definition) is 3. The van der Waals surface area contributed by atoms with Crippen LogP contribution in [0.25, 0.3) is 0 Å². The van der Waals surface area contributed by atoms with Gasteiger partial charge in [-0.1, -0.05) is 12.1 Å². The van der Waals surface area contributed by atoms with Gasteiger partial charge in [0.25, 0.3) is 0 Å². The molecule has 1 aliphatic heterocycles. The molecule has 0 bridgehead atoms. The van der Waals surface area contributed by atoms with Crippen molar-refractivity contribution >= 4 is 5.91 Å². The fraction of sp³-hybridized carbons (Fsp3) is 0.500. The van der Waals surface area contributed by atoms with Crippen LogP contribution < -0.4 is 10.6 Å². The number of carbonyl (C=O) groups is 1. The fourth-order valence-electron chi connectivity index (χ4n) is 2.49. The molecule has 0 aliphatic carbocycles. The summed E-state index contributed by atoms with van der Waals surface area (Å²) in [5, 5.41) is 15.0. The van der Waals surface area contributed by atoms with Crippen LogP contribution in [0.1, 0.15) is 36.8 Å². The van der Waals surface area contributed by atoms with Crippen molar-refractivity contribution in [2.75, 3.05) is 13.1 Å². The van der Waals surface area contributed by atoms with E-state index >= 15 is 0 Å². The molecule has 1 fully saturated rings. The molecule has 0 unspecified atom stereocenters. The van der Waals surface area contributed by atoms with Gasteiger partial charge in [0.15, 0.2) is 0 Å². The van der Waals surface area contributed by atoms with Gasteiger partial charge in [0, 0.05) is 13.0 Å². The predicted molar refractivity (Wildman–Crippen MR) is 77.8 cm³/mol. The molecule has 4 nitrogen and oxygen atoms in total. The zero-order chi connectivity index (χ0) is 14.2. The minimum atomic E-state index is 0.118. The highest BCUT2D eigenvalue weighted by Crippen LogP contribution is 2.17. The maximum Gasteiger partial charge on any atom is 0.220 e. The molecule has 106 valence electrons. The van der Waals surface area contributed by atoms with Crippen LogP contribution in [-0.4, -0.2) is 19.0 Å². The maximum absolute atomic E-state index is 11.8. The quantitative estimate of drug-likeness (QED) is 0.860. The van der Waals surface area contributed by atoms with Crippen molar-refractivity contribution in [3.63, 3.8) is 0 Å². The highest BCUT2D eigenvalue weighted by Gasteiger charge is 2.14. The Morgan fingerprint density at radius 2 is 2.00 bits per heavy atom. The normalized spacial score (nSPS) is 15.6. The first kappa shape index (κ1) is 14.5. The maximum atomic E-state index is 11.8. The molecule has 0 radical (unpaired) electrons. The summed E-state index contributed by atoms with van der Waals surface area (Å²) in [4.78, 5) is 11.8. The van der Waals surface area contributed by atoms with Crippen LogP contribution >= 0.6 is 0 Å². The summed E-state index contributed by atoms with van der Waals surface area (Å²) in [6.07, 6.45) is 3.97. The van der Waals surface area contributed by atoms with E-state index in [9.17, 15) is 4.79 Å². The molecule has 0 spiro atoms. The SMILES string of the molecule is N#Cc1ccc(CNC(=O)CCC2CCNCC2)cc1. The number of rotatable bonds is 5. The molecule has 2 rings (SSSR count). The molecular weight excluding hydrogens is 250 g/mol. The Morgan fingerprint density at radius 1 is 1.30 bits per heavy atom. The topological polar surface area (TPSA) is 64.9 Å². The van der Waals surface area contributed by atoms with E-state index in [0.717, 1.165) is 25.1 Å². The van der Waals surface area contributed by atoms with E-state index in [1.807, 2.05) is 12.1 Å². The first-order valence-electron chi connectivity index (χ1n) is 7.24. The summed E-state index contributed by atoms with van der Waals surface area (Å²) in [5.41, 5.74) is 1.67. The average Bonchev–Trinajstić information content (AvgIpc) is 2.52. The highest BCUT2D eigenvalue weighted by atomic mass is 16.1. The third-order valence-electron chi connectivity index (χ3n) is 3.81. The first-order valence-corrected chi connectivity index (χ1v) is 7.24. The van der Waals surface area contributed by atoms with Gasteiger partial charge in [-0.25, -0.2) is 0 Å². The van der Waals surface area contributed by atoms with Gasteiger partial charge in [0.1, 0.15) is 0 Å². The Balaban J connectivity index is 1.67. The molecule has 1 aromatic rings. The molecule has 1 aromatic carbocycles. The Kier molecular flexibility index (Phi) is 5.57. The lowest BCUT2D eigenvalue weighted by atomic mass is 9.93. The van der Waals surface area contributed by atoms with Crippen LogP contribution in [0.3, 0.4) is 0 Å². The summed E-state index contributed by atoms with van der Waals surface area (Å²) in [6, 6.07) is 9.39. The zero-order valence-corrected chi connectivity index (χ0v) is 11.7. The van der Waals surface area contributed by atoms with Gasteiger partial charge >= 0.3 is 0 Å². The van der Waals surface area contributed by atoms with Crippen LogP contribution in [0.15, 0.2) is 24.3 Å². The van der Waals surface area contributed by atoms with Gasteiger partial charge < -0.3 is 10.6 Å². The summed E-state index contributed by atoms with van der Waals surface area (Å²) in [6.45, 7) is 2.70. The molecule has 20 heavy (non-hydrogen) atoms. The second-order valence-corrected chi connectivity index (χ2v) is 5.32. The largest absolute Gasteiger partial charge is 0.352 e. The number of piperidine rings is 1. The van der Waals surface area contributed by atoms with Gasteiger partial charge in [0.2, 0.25) is 5.91 Å². The highest BCUT2D eigenvalue weighted by molar-refractivity contribution is 5.75. The van der Waals surface area contributed by atoms with Crippen LogP contribution in [0.4, 0.5) is 0 Å². The van der Waals surface area contributed by atoms with Crippen molar-refractivity contribution in [2.45, 2.75) is 32.2 Å². The minimum Gasteiger partial charge on any atom is -0.352 e. The minimum absolute atomic E-state index is 0.118. The Morgan fingerprint density at radius 3 is 2.65 bits per heavy atom. The Bertz CT molecular complexity index is 469. The third-order valence-corrected chi connectivity index (χ3v) is 3.81. The average molecular weight is 271 g/mol. The van der Waals surface area contributed by atoms with Gasteiger partial charge in [0.05, 0.1) is 11.6 Å². The number of nitrogens with one attached hydrogen (secondary N) is 2. The van der Waals surface area contributed by atoms with Crippen molar-refractivity contribution in [3.8, 4) is 6.07 Å². The molecule has 4 heteroatoms. The summed E-state index contributed by atoms with van der Waals surface area (Å²) < 4.78 is 0. The lowest BCUT2D eigenvalue weighted by Crippen LogP contribution is -2.29. The van der Waals surface area contributed by atoms with Crippen molar-refractivity contribution in [2.24, 2.45) is 5.92 Å². The standard InChI is InChI=1S/C16H21N3O/c17-11-14-1-3-15(4-2-14)12-19-16(20)6-5-13-7-9-18-10-8-13/h1-4,13,18H,5-10,12H2,(H,19,20). The van der Waals surface area contributed by atoms with E-state index in [0.29, 0.717) is 24.4 Å². The number of hydrogen-bond donors (Lipinski definition) is 2. The first-order chi connectivity index (χ1) is 9.78. The van der Waals surface area contributed by atoms with Crippen LogP contribution in [0.2, 0.25) is 0 Å². The number of benzene rings is 1. The molecule has 0 aromatic heterocycles. The smallest absolute Gasteiger partial charge is 0.220 e. The lowest BCUT2D eigenvalue weighted by Gasteiger charge is -2.22. The molecule has 2 N–H and O–H groups in total. The summed E-state index contributed by atoms with van der Waals surface area (Å²) in [5.74, 6) is 0.810. The summed E-state index contributed by atoms with van der Waals surface area (Å²) >= 11 is 0. The molecular formula is C16H21N3O. The molecule has 1 aliphatic rings. The van der Waals surface area contributed by atoms with Gasteiger partial charge in [-0.05, 0) is 56.0 Å². The molecule has 0 saturated carbocycles. The summed E-state index contributed by atoms with van der Waals surface area (Å²) in [7, 11) is 0. The van der Waals surface area contributed by atoms with Crippen molar-refractivity contribution in [1.82, 2.24) is 10.6 Å². The van der Waals surface area contributed by atoms with Crippen LogP contribution in [0, 0.1) is 17.2 Å². The molecule has 1 saturated heterocycles. The van der Waals surface area contributed by atoms with Crippen molar-refractivity contribution in [3.05, 3.63) is 35.4 Å². The van der Waals surface area contributed by atoms with Gasteiger partial charge in [-0.2, -0.15) is 5.26 Å². The second kappa shape index (κ2) is 7.66. The van der Waals surface area contributed by atoms with Crippen molar-refractivity contribution < 1.29 is 4.79 Å². The van der Waals surface area contributed by atoms with E-state index in [4.69, 9.17) is 5.26 Å². The monoisotopic (exact) mass is 271 g/mol. The predicted octanol–water partition coefficient (Wildman–Crippen LogP) is 1.95. The molecule has 0 atom stereocenters. The zero-order valence-electron chi connectivity index (χ0n) is 11.7. The molecule has 1 heterocycles. The molecule has 1 amide bonds. The number of nitrogens with zero attached hydrogens (tertiary/aromatic N) is 1. The van der Waals surface area contributed by atoms with Gasteiger partial charge in [-0.3, -0.25) is 4.79 Å². The van der Waals surface area contributed by atoms with E-state index in [-0.39, 0.29) is 5.91 Å². The lowest BCUT2D eigenvalue weighted by molar-refractivity contribution is -0.121.